The molecule has 1 amide bonds. The lowest BCUT2D eigenvalue weighted by Gasteiger charge is -2.10. The SMILES string of the molecule is COc1ccc([N+](=O)[O-])cc1C(=O)Nc1ccc(OCC(F)(F)F)nc1. The number of ether oxygens (including phenoxy) is 2. The van der Waals surface area contributed by atoms with Crippen LogP contribution in [-0.4, -0.2) is 35.7 Å². The highest BCUT2D eigenvalue weighted by atomic mass is 19.4. The first-order valence-corrected chi connectivity index (χ1v) is 6.99. The molecular weight excluding hydrogens is 359 g/mol. The maximum atomic E-state index is 12.3. The number of nitrogens with one attached hydrogen (secondary N) is 1. The highest BCUT2D eigenvalue weighted by Gasteiger charge is 2.28. The van der Waals surface area contributed by atoms with Crippen LogP contribution in [0.1, 0.15) is 10.4 Å². The minimum Gasteiger partial charge on any atom is -0.496 e. The van der Waals surface area contributed by atoms with Gasteiger partial charge in [0.25, 0.3) is 11.6 Å². The maximum Gasteiger partial charge on any atom is 0.422 e. The van der Waals surface area contributed by atoms with Crippen LogP contribution in [-0.2, 0) is 0 Å². The van der Waals surface area contributed by atoms with Gasteiger partial charge in [-0.25, -0.2) is 4.98 Å². The monoisotopic (exact) mass is 371 g/mol. The van der Waals surface area contributed by atoms with Crippen LogP contribution in [0.5, 0.6) is 11.6 Å². The van der Waals surface area contributed by atoms with Crippen molar-refractivity contribution in [1.82, 2.24) is 4.98 Å². The number of amides is 1. The first-order chi connectivity index (χ1) is 12.2. The lowest BCUT2D eigenvalue weighted by Crippen LogP contribution is -2.19. The number of carbonyl (C=O) groups is 1. The average molecular weight is 371 g/mol. The van der Waals surface area contributed by atoms with Gasteiger partial charge >= 0.3 is 6.18 Å². The third kappa shape index (κ3) is 5.06. The van der Waals surface area contributed by atoms with Crippen LogP contribution in [0.25, 0.3) is 0 Å². The predicted molar refractivity (Wildman–Crippen MR) is 83.4 cm³/mol. The Bertz CT molecular complexity index is 809. The van der Waals surface area contributed by atoms with E-state index >= 15 is 0 Å². The van der Waals surface area contributed by atoms with E-state index in [4.69, 9.17) is 4.74 Å². The van der Waals surface area contributed by atoms with Gasteiger partial charge < -0.3 is 14.8 Å². The molecular formula is C15H12F3N3O5. The van der Waals surface area contributed by atoms with Gasteiger partial charge in [0.1, 0.15) is 5.75 Å². The number of alkyl halides is 3. The average Bonchev–Trinajstić information content (AvgIpc) is 2.59. The third-order valence-corrected chi connectivity index (χ3v) is 3.02. The Hall–Kier alpha value is -3.37. The number of nitro benzene ring substituents is 1. The van der Waals surface area contributed by atoms with Gasteiger partial charge in [0, 0.05) is 18.2 Å². The standard InChI is InChI=1S/C15H12F3N3O5/c1-25-12-4-3-10(21(23)24)6-11(12)14(22)20-9-2-5-13(19-7-9)26-8-15(16,17)18/h2-7H,8H2,1H3,(H,20,22). The Kier molecular flexibility index (Phi) is 5.60. The number of halogens is 3. The van der Waals surface area contributed by atoms with Gasteiger partial charge in [-0.3, -0.25) is 14.9 Å². The molecule has 11 heteroatoms. The fourth-order valence-corrected chi connectivity index (χ4v) is 1.88. The molecule has 2 aromatic rings. The summed E-state index contributed by atoms with van der Waals surface area (Å²) in [5.41, 5.74) is -0.230. The van der Waals surface area contributed by atoms with E-state index in [-0.39, 0.29) is 28.6 Å². The molecule has 0 spiro atoms. The number of pyridine rings is 1. The summed E-state index contributed by atoms with van der Waals surface area (Å²) in [7, 11) is 1.30. The van der Waals surface area contributed by atoms with Gasteiger partial charge in [0.05, 0.1) is 29.5 Å². The first-order valence-electron chi connectivity index (χ1n) is 6.99. The van der Waals surface area contributed by atoms with Gasteiger partial charge in [-0.15, -0.1) is 0 Å². The number of non-ortho nitro benzene ring substituents is 1. The molecule has 2 rings (SSSR count). The molecule has 0 saturated carbocycles. The highest BCUT2D eigenvalue weighted by molar-refractivity contribution is 6.06. The van der Waals surface area contributed by atoms with E-state index in [1.54, 1.807) is 0 Å². The molecule has 0 fully saturated rings. The van der Waals surface area contributed by atoms with Crippen molar-refractivity contribution in [3.63, 3.8) is 0 Å². The highest BCUT2D eigenvalue weighted by Crippen LogP contribution is 2.25. The molecule has 0 saturated heterocycles. The number of nitro groups is 1. The molecule has 1 heterocycles. The van der Waals surface area contributed by atoms with E-state index in [0.717, 1.165) is 18.3 Å². The summed E-state index contributed by atoms with van der Waals surface area (Å²) in [6.07, 6.45) is -3.40. The van der Waals surface area contributed by atoms with Crippen molar-refractivity contribution in [3.8, 4) is 11.6 Å². The third-order valence-electron chi connectivity index (χ3n) is 3.02. The van der Waals surface area contributed by atoms with E-state index in [0.29, 0.717) is 0 Å². The van der Waals surface area contributed by atoms with Crippen LogP contribution in [0.2, 0.25) is 0 Å². The van der Waals surface area contributed by atoms with Crippen molar-refractivity contribution in [2.24, 2.45) is 0 Å². The zero-order valence-electron chi connectivity index (χ0n) is 13.2. The molecule has 0 aliphatic heterocycles. The largest absolute Gasteiger partial charge is 0.496 e. The normalized spacial score (nSPS) is 10.9. The van der Waals surface area contributed by atoms with E-state index in [9.17, 15) is 28.1 Å². The fourth-order valence-electron chi connectivity index (χ4n) is 1.88. The second kappa shape index (κ2) is 7.68. The Balaban J connectivity index is 2.12. The minimum absolute atomic E-state index is 0.0842. The molecule has 0 aliphatic carbocycles. The van der Waals surface area contributed by atoms with E-state index < -0.39 is 23.6 Å². The van der Waals surface area contributed by atoms with Crippen molar-refractivity contribution in [1.29, 1.82) is 0 Å². The van der Waals surface area contributed by atoms with Gasteiger partial charge in [0.2, 0.25) is 5.88 Å². The summed E-state index contributed by atoms with van der Waals surface area (Å²) in [6, 6.07) is 5.93. The summed E-state index contributed by atoms with van der Waals surface area (Å²) in [5, 5.41) is 13.2. The smallest absolute Gasteiger partial charge is 0.422 e. The molecule has 0 unspecified atom stereocenters. The molecule has 0 bridgehead atoms. The molecule has 8 nitrogen and oxygen atoms in total. The Labute approximate surface area is 144 Å². The Morgan fingerprint density at radius 1 is 1.31 bits per heavy atom. The van der Waals surface area contributed by atoms with Crippen molar-refractivity contribution >= 4 is 17.3 Å². The lowest BCUT2D eigenvalue weighted by molar-refractivity contribution is -0.384. The summed E-state index contributed by atoms with van der Waals surface area (Å²) >= 11 is 0. The van der Waals surface area contributed by atoms with Crippen LogP contribution in [0, 0.1) is 10.1 Å². The van der Waals surface area contributed by atoms with Crippen molar-refractivity contribution in [2.75, 3.05) is 19.0 Å². The quantitative estimate of drug-likeness (QED) is 0.618. The van der Waals surface area contributed by atoms with E-state index in [1.807, 2.05) is 0 Å². The fraction of sp³-hybridized carbons (Fsp3) is 0.200. The predicted octanol–water partition coefficient (Wildman–Crippen LogP) is 3.19. The first kappa shape index (κ1) is 19.0. The van der Waals surface area contributed by atoms with Crippen molar-refractivity contribution in [3.05, 3.63) is 52.2 Å². The maximum absolute atomic E-state index is 12.3. The second-order valence-corrected chi connectivity index (χ2v) is 4.88. The summed E-state index contributed by atoms with van der Waals surface area (Å²) in [6.45, 7) is -1.49. The van der Waals surface area contributed by atoms with Gasteiger partial charge in [-0.2, -0.15) is 13.2 Å². The number of benzene rings is 1. The molecule has 138 valence electrons. The summed E-state index contributed by atoms with van der Waals surface area (Å²) in [4.78, 5) is 26.1. The molecule has 1 aromatic heterocycles. The lowest BCUT2D eigenvalue weighted by atomic mass is 10.1. The van der Waals surface area contributed by atoms with Crippen LogP contribution in [0.3, 0.4) is 0 Å². The number of hydrogen-bond donors (Lipinski definition) is 1. The van der Waals surface area contributed by atoms with Crippen LogP contribution >= 0.6 is 0 Å². The summed E-state index contributed by atoms with van der Waals surface area (Å²) < 4.78 is 45.7. The van der Waals surface area contributed by atoms with Crippen molar-refractivity contribution < 1.29 is 32.4 Å². The number of rotatable bonds is 6. The van der Waals surface area contributed by atoms with Crippen LogP contribution < -0.4 is 14.8 Å². The van der Waals surface area contributed by atoms with Gasteiger partial charge in [-0.1, -0.05) is 0 Å². The molecule has 0 atom stereocenters. The number of aromatic nitrogens is 1. The van der Waals surface area contributed by atoms with E-state index in [2.05, 4.69) is 15.0 Å². The number of methoxy groups -OCH3 is 1. The van der Waals surface area contributed by atoms with Crippen LogP contribution in [0.4, 0.5) is 24.5 Å². The Morgan fingerprint density at radius 2 is 2.04 bits per heavy atom. The molecule has 1 aromatic carbocycles. The van der Waals surface area contributed by atoms with Gasteiger partial charge in [-0.05, 0) is 12.1 Å². The van der Waals surface area contributed by atoms with Crippen molar-refractivity contribution in [2.45, 2.75) is 6.18 Å². The number of carbonyl (C=O) groups excluding carboxylic acids is 1. The van der Waals surface area contributed by atoms with Gasteiger partial charge in [0.15, 0.2) is 6.61 Å². The second-order valence-electron chi connectivity index (χ2n) is 4.88. The molecule has 0 radical (unpaired) electrons. The summed E-state index contributed by atoms with van der Waals surface area (Å²) in [5.74, 6) is -0.865. The molecule has 1 N–H and O–H groups in total. The molecule has 26 heavy (non-hydrogen) atoms. The van der Waals surface area contributed by atoms with Crippen LogP contribution in [0.15, 0.2) is 36.5 Å². The zero-order valence-corrected chi connectivity index (χ0v) is 13.2. The minimum atomic E-state index is -4.49. The topological polar surface area (TPSA) is 104 Å². The number of anilines is 1. The number of nitrogens with zero attached hydrogens (tertiary/aromatic N) is 2. The Morgan fingerprint density at radius 3 is 2.58 bits per heavy atom. The number of hydrogen-bond acceptors (Lipinski definition) is 6. The molecule has 0 aliphatic rings. The van der Waals surface area contributed by atoms with E-state index in [1.165, 1.54) is 25.3 Å². The zero-order chi connectivity index (χ0) is 19.3.